The summed E-state index contributed by atoms with van der Waals surface area (Å²) in [4.78, 5) is 0. The van der Waals surface area contributed by atoms with Gasteiger partial charge < -0.3 is 4.48 Å². The molecule has 0 N–H and O–H groups in total. The van der Waals surface area contributed by atoms with Crippen LogP contribution in [-0.2, 0) is 0 Å². The highest BCUT2D eigenvalue weighted by Gasteiger charge is 2.20. The van der Waals surface area contributed by atoms with Gasteiger partial charge in [-0.25, -0.2) is 0 Å². The average molecular weight is 180 g/mol. The van der Waals surface area contributed by atoms with E-state index in [1.807, 2.05) is 24.3 Å². The minimum atomic E-state index is 0. The highest BCUT2D eigenvalue weighted by atomic mass is 15.3. The smallest absolute Gasteiger partial charge is 0.0978 e. The molecular weight excluding hydrogens is 158 g/mol. The van der Waals surface area contributed by atoms with Crippen molar-refractivity contribution in [2.24, 2.45) is 0 Å². The van der Waals surface area contributed by atoms with Crippen LogP contribution in [0.2, 0.25) is 0 Å². The molecule has 0 aliphatic carbocycles. The zero-order valence-electron chi connectivity index (χ0n) is 8.41. The number of hydrogen-bond donors (Lipinski definition) is 0. The highest BCUT2D eigenvalue weighted by molar-refractivity contribution is 4.79. The molecule has 0 aromatic rings. The summed E-state index contributed by atoms with van der Waals surface area (Å²) >= 11 is 0. The maximum absolute atomic E-state index is 3.77. The van der Waals surface area contributed by atoms with E-state index in [-0.39, 0.29) is 1.43 Å². The van der Waals surface area contributed by atoms with Crippen molar-refractivity contribution in [2.45, 2.75) is 0 Å². The molecule has 0 unspecified atom stereocenters. The van der Waals surface area contributed by atoms with Crippen LogP contribution in [0.5, 0.6) is 0 Å². The molecule has 0 aromatic carbocycles. The van der Waals surface area contributed by atoms with Crippen LogP contribution < -0.4 is 0 Å². The van der Waals surface area contributed by atoms with Crippen molar-refractivity contribution in [3.8, 4) is 0 Å². The van der Waals surface area contributed by atoms with Crippen LogP contribution in [0.25, 0.3) is 0 Å². The largest absolute Gasteiger partial charge is 0.311 e. The number of nitrogens with zero attached hydrogens (tertiary/aromatic N) is 1. The van der Waals surface area contributed by atoms with Gasteiger partial charge in [0, 0.05) is 1.43 Å². The van der Waals surface area contributed by atoms with Crippen molar-refractivity contribution < 1.29 is 5.91 Å². The molecule has 0 spiro atoms. The molecule has 74 valence electrons. The third kappa shape index (κ3) is 3.90. The van der Waals surface area contributed by atoms with Gasteiger partial charge in [0.15, 0.2) is 0 Å². The molecule has 0 amide bonds. The first-order valence-corrected chi connectivity index (χ1v) is 4.53. The number of rotatable bonds is 8. The molecular formula is C12H22N+. The molecule has 0 aromatic heterocycles. The maximum atomic E-state index is 3.77. The van der Waals surface area contributed by atoms with E-state index in [2.05, 4.69) is 26.3 Å². The fourth-order valence-electron chi connectivity index (χ4n) is 1.54. The molecule has 1 nitrogen and oxygen atoms in total. The third-order valence-corrected chi connectivity index (χ3v) is 2.07. The van der Waals surface area contributed by atoms with Crippen molar-refractivity contribution in [1.82, 2.24) is 0 Å². The van der Waals surface area contributed by atoms with Crippen LogP contribution in [0.15, 0.2) is 50.6 Å². The average Bonchev–Trinajstić information content (AvgIpc) is 2.06. The first kappa shape index (κ1) is 11.9. The summed E-state index contributed by atoms with van der Waals surface area (Å²) in [6.07, 6.45) is 7.76. The van der Waals surface area contributed by atoms with E-state index in [1.54, 1.807) is 0 Å². The maximum Gasteiger partial charge on any atom is 0.0978 e. The first-order valence-electron chi connectivity index (χ1n) is 4.53. The summed E-state index contributed by atoms with van der Waals surface area (Å²) in [5, 5.41) is 0. The second-order valence-electron chi connectivity index (χ2n) is 3.23. The SMILES string of the molecule is C=CC[N+](CC=C)(CC=C)CC=C.[HH]. The molecule has 0 aliphatic heterocycles. The Morgan fingerprint density at radius 2 is 0.923 bits per heavy atom. The molecule has 0 heterocycles. The molecule has 0 atom stereocenters. The third-order valence-electron chi connectivity index (χ3n) is 2.07. The Bertz CT molecular complexity index is 151. The van der Waals surface area contributed by atoms with Crippen molar-refractivity contribution in [3.05, 3.63) is 50.6 Å². The van der Waals surface area contributed by atoms with Gasteiger partial charge in [-0.15, -0.1) is 0 Å². The lowest BCUT2D eigenvalue weighted by Gasteiger charge is -2.35. The Morgan fingerprint density at radius 3 is 1.08 bits per heavy atom. The van der Waals surface area contributed by atoms with Gasteiger partial charge in [-0.05, 0) is 24.3 Å². The fraction of sp³-hybridized carbons (Fsp3) is 0.333. The summed E-state index contributed by atoms with van der Waals surface area (Å²) < 4.78 is 0.903. The fourth-order valence-corrected chi connectivity index (χ4v) is 1.54. The zero-order chi connectivity index (χ0) is 10.2. The molecule has 13 heavy (non-hydrogen) atoms. The molecule has 0 radical (unpaired) electrons. The second kappa shape index (κ2) is 6.44. The van der Waals surface area contributed by atoms with E-state index in [4.69, 9.17) is 0 Å². The first-order chi connectivity index (χ1) is 6.24. The molecule has 0 fully saturated rings. The monoisotopic (exact) mass is 180 g/mol. The second-order valence-corrected chi connectivity index (χ2v) is 3.23. The van der Waals surface area contributed by atoms with E-state index >= 15 is 0 Å². The van der Waals surface area contributed by atoms with Crippen LogP contribution >= 0.6 is 0 Å². The lowest BCUT2D eigenvalue weighted by molar-refractivity contribution is -0.906. The minimum Gasteiger partial charge on any atom is -0.311 e. The van der Waals surface area contributed by atoms with Gasteiger partial charge >= 0.3 is 0 Å². The van der Waals surface area contributed by atoms with E-state index in [1.165, 1.54) is 0 Å². The molecule has 0 aliphatic rings. The molecule has 0 rings (SSSR count). The van der Waals surface area contributed by atoms with Gasteiger partial charge in [0.2, 0.25) is 0 Å². The van der Waals surface area contributed by atoms with Crippen LogP contribution in [-0.4, -0.2) is 30.7 Å². The number of hydrogen-bond acceptors (Lipinski definition) is 0. The van der Waals surface area contributed by atoms with Crippen molar-refractivity contribution in [2.75, 3.05) is 26.2 Å². The van der Waals surface area contributed by atoms with E-state index in [0.29, 0.717) is 0 Å². The summed E-state index contributed by atoms with van der Waals surface area (Å²) in [5.74, 6) is 0. The summed E-state index contributed by atoms with van der Waals surface area (Å²) in [6.45, 7) is 18.8. The quantitative estimate of drug-likeness (QED) is 0.398. The molecule has 1 heteroatoms. The Hall–Kier alpha value is -1.08. The van der Waals surface area contributed by atoms with Gasteiger partial charge in [0.25, 0.3) is 0 Å². The molecule has 0 bridgehead atoms. The predicted octanol–water partition coefficient (Wildman–Crippen LogP) is 2.79. The molecule has 0 saturated heterocycles. The summed E-state index contributed by atoms with van der Waals surface area (Å²) in [5.41, 5.74) is 0. The van der Waals surface area contributed by atoms with Gasteiger partial charge in [-0.1, -0.05) is 26.3 Å². The van der Waals surface area contributed by atoms with Crippen LogP contribution in [0.1, 0.15) is 1.43 Å². The van der Waals surface area contributed by atoms with Crippen LogP contribution in [0, 0.1) is 0 Å². The lowest BCUT2D eigenvalue weighted by atomic mass is 10.3. The highest BCUT2D eigenvalue weighted by Crippen LogP contribution is 2.07. The topological polar surface area (TPSA) is 0 Å². The Balaban J connectivity index is 0. The number of quaternary nitrogens is 1. The minimum absolute atomic E-state index is 0. The van der Waals surface area contributed by atoms with E-state index < -0.39 is 0 Å². The normalized spacial score (nSPS) is 10.5. The summed E-state index contributed by atoms with van der Waals surface area (Å²) in [6, 6.07) is 0. The zero-order valence-corrected chi connectivity index (χ0v) is 8.41. The van der Waals surface area contributed by atoms with E-state index in [9.17, 15) is 0 Å². The standard InChI is InChI=1S/C12H20N.H2/c1-5-9-13(10-6-2,11-7-3)12-8-4;/h5-8H,1-4,9-12H2;1H/q+1;. The van der Waals surface area contributed by atoms with E-state index in [0.717, 1.165) is 30.7 Å². The van der Waals surface area contributed by atoms with Gasteiger partial charge in [-0.3, -0.25) is 0 Å². The summed E-state index contributed by atoms with van der Waals surface area (Å²) in [7, 11) is 0. The van der Waals surface area contributed by atoms with Gasteiger partial charge in [0.1, 0.15) is 0 Å². The Labute approximate surface area is 83.4 Å². The predicted molar refractivity (Wildman–Crippen MR) is 62.6 cm³/mol. The Kier molecular flexibility index (Phi) is 5.90. The van der Waals surface area contributed by atoms with Crippen LogP contribution in [0.4, 0.5) is 0 Å². The van der Waals surface area contributed by atoms with Gasteiger partial charge in [-0.2, -0.15) is 0 Å². The van der Waals surface area contributed by atoms with Crippen molar-refractivity contribution in [1.29, 1.82) is 0 Å². The van der Waals surface area contributed by atoms with Crippen molar-refractivity contribution in [3.63, 3.8) is 0 Å². The molecule has 0 saturated carbocycles. The Morgan fingerprint density at radius 1 is 0.692 bits per heavy atom. The van der Waals surface area contributed by atoms with Crippen LogP contribution in [0.3, 0.4) is 0 Å². The van der Waals surface area contributed by atoms with Crippen molar-refractivity contribution >= 4 is 0 Å². The van der Waals surface area contributed by atoms with Gasteiger partial charge in [0.05, 0.1) is 26.2 Å². The lowest BCUT2D eigenvalue weighted by Crippen LogP contribution is -2.48.